The molecule has 4 nitrogen and oxygen atoms in total. The largest absolute Gasteiger partial charge is 0.394 e. The summed E-state index contributed by atoms with van der Waals surface area (Å²) in [5, 5.41) is 25.4. The standard InChI is InChI=1S/C3H9N.C3H7O3/c1-4(2)3;4-1-3(6)2-5/h1-3H3;3-4,6H,1-2H2. The number of nitrogens with zero attached hydrogens (tertiary/aromatic N) is 1. The van der Waals surface area contributed by atoms with Crippen LogP contribution in [0, 0.1) is 0 Å². The first-order chi connectivity index (χ1) is 4.54. The van der Waals surface area contributed by atoms with E-state index in [0.717, 1.165) is 0 Å². The van der Waals surface area contributed by atoms with Crippen LogP contribution in [0.4, 0.5) is 0 Å². The summed E-state index contributed by atoms with van der Waals surface area (Å²) in [6.07, 6.45) is -1.06. The second kappa shape index (κ2) is 8.84. The number of hydrogen-bond acceptors (Lipinski definition) is 3. The molecular weight excluding hydrogens is 134 g/mol. The maximum atomic E-state index is 9.45. The number of hydrogen-bond donors (Lipinski definition) is 2. The van der Waals surface area contributed by atoms with E-state index < -0.39 is 19.3 Å². The van der Waals surface area contributed by atoms with Crippen molar-refractivity contribution in [3.63, 3.8) is 0 Å². The van der Waals surface area contributed by atoms with Gasteiger partial charge in [-0.05, 0) is 21.1 Å². The minimum atomic E-state index is -1.06. The third-order valence-electron chi connectivity index (χ3n) is 0.403. The monoisotopic (exact) mass is 150 g/mol. The molecule has 0 aliphatic rings. The lowest BCUT2D eigenvalue weighted by Gasteiger charge is -1.95. The molecule has 0 saturated heterocycles. The number of rotatable bonds is 2. The van der Waals surface area contributed by atoms with Gasteiger partial charge in [0.15, 0.2) is 0 Å². The fourth-order valence-electron chi connectivity index (χ4n) is 0.0527. The maximum absolute atomic E-state index is 9.45. The van der Waals surface area contributed by atoms with Gasteiger partial charge in [0.25, 0.3) is 0 Å². The van der Waals surface area contributed by atoms with Crippen molar-refractivity contribution < 1.29 is 15.3 Å². The van der Waals surface area contributed by atoms with Gasteiger partial charge in [0.1, 0.15) is 12.7 Å². The fraction of sp³-hybridized carbons (Fsp3) is 1.00. The SMILES string of the molecule is CN(C)C.[O]CC(O)CO. The molecule has 1 radical (unpaired) electrons. The normalized spacial score (nSPS) is 9.60. The third-order valence-corrected chi connectivity index (χ3v) is 0.403. The second-order valence-electron chi connectivity index (χ2n) is 2.34. The summed E-state index contributed by atoms with van der Waals surface area (Å²) in [6.45, 7) is -1.04. The van der Waals surface area contributed by atoms with Crippen molar-refractivity contribution in [3.05, 3.63) is 0 Å². The van der Waals surface area contributed by atoms with Crippen molar-refractivity contribution in [3.8, 4) is 0 Å². The highest BCUT2D eigenvalue weighted by Crippen LogP contribution is 1.72. The molecule has 0 fully saturated rings. The van der Waals surface area contributed by atoms with Crippen molar-refractivity contribution in [2.75, 3.05) is 34.4 Å². The Labute approximate surface area is 61.7 Å². The highest BCUT2D eigenvalue weighted by Gasteiger charge is 1.95. The van der Waals surface area contributed by atoms with Gasteiger partial charge in [-0.25, -0.2) is 5.11 Å². The van der Waals surface area contributed by atoms with Crippen LogP contribution >= 0.6 is 0 Å². The Morgan fingerprint density at radius 1 is 1.40 bits per heavy atom. The minimum Gasteiger partial charge on any atom is -0.394 e. The molecule has 0 aromatic heterocycles. The Bertz CT molecular complexity index is 52.2. The van der Waals surface area contributed by atoms with Crippen LogP contribution in [0.5, 0.6) is 0 Å². The van der Waals surface area contributed by atoms with Crippen LogP contribution in [0.3, 0.4) is 0 Å². The Kier molecular flexibility index (Phi) is 11.1. The molecule has 0 aromatic carbocycles. The van der Waals surface area contributed by atoms with E-state index in [2.05, 4.69) is 0 Å². The molecule has 1 unspecified atom stereocenters. The van der Waals surface area contributed by atoms with Crippen LogP contribution in [0.1, 0.15) is 0 Å². The van der Waals surface area contributed by atoms with Gasteiger partial charge >= 0.3 is 0 Å². The van der Waals surface area contributed by atoms with Gasteiger partial charge in [-0.3, -0.25) is 0 Å². The van der Waals surface area contributed by atoms with E-state index in [9.17, 15) is 5.11 Å². The van der Waals surface area contributed by atoms with Crippen LogP contribution in [0.2, 0.25) is 0 Å². The molecule has 1 atom stereocenters. The van der Waals surface area contributed by atoms with Crippen LogP contribution in [0.25, 0.3) is 0 Å². The van der Waals surface area contributed by atoms with E-state index in [0.29, 0.717) is 0 Å². The topological polar surface area (TPSA) is 63.6 Å². The zero-order chi connectivity index (χ0) is 8.57. The van der Waals surface area contributed by atoms with E-state index in [-0.39, 0.29) is 0 Å². The molecule has 63 valence electrons. The molecule has 0 saturated carbocycles. The first-order valence-electron chi connectivity index (χ1n) is 3.02. The van der Waals surface area contributed by atoms with E-state index >= 15 is 0 Å². The molecule has 0 amide bonds. The highest BCUT2D eigenvalue weighted by atomic mass is 16.3. The molecule has 0 aromatic rings. The smallest absolute Gasteiger partial charge is 0.110 e. The van der Waals surface area contributed by atoms with Crippen LogP contribution in [-0.4, -0.2) is 55.6 Å². The molecule has 0 heterocycles. The molecule has 10 heavy (non-hydrogen) atoms. The van der Waals surface area contributed by atoms with Crippen molar-refractivity contribution in [2.24, 2.45) is 0 Å². The summed E-state index contributed by atoms with van der Waals surface area (Å²) in [5.41, 5.74) is 0. The number of aliphatic hydroxyl groups excluding tert-OH is 2. The third kappa shape index (κ3) is 24.9. The summed E-state index contributed by atoms with van der Waals surface area (Å²) >= 11 is 0. The average molecular weight is 150 g/mol. The summed E-state index contributed by atoms with van der Waals surface area (Å²) in [6, 6.07) is 0. The molecular formula is C6H16NO3. The molecule has 0 spiro atoms. The lowest BCUT2D eigenvalue weighted by molar-refractivity contribution is 0.0177. The molecule has 2 N–H and O–H groups in total. The first-order valence-corrected chi connectivity index (χ1v) is 3.02. The fourth-order valence-corrected chi connectivity index (χ4v) is 0.0527. The average Bonchev–Trinajstić information content (AvgIpc) is 1.85. The molecule has 0 bridgehead atoms. The predicted octanol–water partition coefficient (Wildman–Crippen LogP) is -1.05. The van der Waals surface area contributed by atoms with Crippen molar-refractivity contribution in [1.82, 2.24) is 4.90 Å². The summed E-state index contributed by atoms with van der Waals surface area (Å²) in [4.78, 5) is 2.00. The molecule has 0 aliphatic carbocycles. The number of aliphatic hydroxyl groups is 2. The zero-order valence-corrected chi connectivity index (χ0v) is 6.74. The molecule has 0 aliphatic heterocycles. The van der Waals surface area contributed by atoms with Gasteiger partial charge < -0.3 is 15.1 Å². The van der Waals surface area contributed by atoms with E-state index in [1.165, 1.54) is 0 Å². The van der Waals surface area contributed by atoms with Crippen molar-refractivity contribution >= 4 is 0 Å². The van der Waals surface area contributed by atoms with Gasteiger partial charge in [0, 0.05) is 0 Å². The van der Waals surface area contributed by atoms with E-state index in [4.69, 9.17) is 10.2 Å². The minimum absolute atomic E-state index is 0.427. The Hall–Kier alpha value is -0.160. The van der Waals surface area contributed by atoms with Crippen molar-refractivity contribution in [1.29, 1.82) is 0 Å². The lowest BCUT2D eigenvalue weighted by atomic mass is 10.4. The molecule has 4 heteroatoms. The Morgan fingerprint density at radius 3 is 1.70 bits per heavy atom. The maximum Gasteiger partial charge on any atom is 0.110 e. The van der Waals surface area contributed by atoms with Gasteiger partial charge in [0.2, 0.25) is 0 Å². The first kappa shape index (κ1) is 12.5. The van der Waals surface area contributed by atoms with Gasteiger partial charge in [-0.2, -0.15) is 0 Å². The van der Waals surface area contributed by atoms with Crippen LogP contribution in [0.15, 0.2) is 0 Å². The zero-order valence-electron chi connectivity index (χ0n) is 6.74. The second-order valence-corrected chi connectivity index (χ2v) is 2.34. The van der Waals surface area contributed by atoms with Gasteiger partial charge in [-0.1, -0.05) is 0 Å². The summed E-state index contributed by atoms with van der Waals surface area (Å²) in [7, 11) is 6.00. The highest BCUT2D eigenvalue weighted by molar-refractivity contribution is 4.43. The van der Waals surface area contributed by atoms with Gasteiger partial charge in [0.05, 0.1) is 6.61 Å². The van der Waals surface area contributed by atoms with Gasteiger partial charge in [-0.15, -0.1) is 0 Å². The van der Waals surface area contributed by atoms with Crippen LogP contribution < -0.4 is 0 Å². The molecule has 0 rings (SSSR count). The van der Waals surface area contributed by atoms with Crippen LogP contribution in [-0.2, 0) is 5.11 Å². The lowest BCUT2D eigenvalue weighted by Crippen LogP contribution is -2.15. The summed E-state index contributed by atoms with van der Waals surface area (Å²) in [5.74, 6) is 0. The predicted molar refractivity (Wildman–Crippen MR) is 38.3 cm³/mol. The van der Waals surface area contributed by atoms with Crippen molar-refractivity contribution in [2.45, 2.75) is 6.10 Å². The van der Waals surface area contributed by atoms with E-state index in [1.54, 1.807) is 0 Å². The van der Waals surface area contributed by atoms with E-state index in [1.807, 2.05) is 26.0 Å². The quantitative estimate of drug-likeness (QED) is 0.528. The Morgan fingerprint density at radius 2 is 1.70 bits per heavy atom. The Balaban J connectivity index is 0. The summed E-state index contributed by atoms with van der Waals surface area (Å²) < 4.78 is 0.